The number of ketones is 1. The van der Waals surface area contributed by atoms with Gasteiger partial charge in [0, 0.05) is 47.6 Å². The SMILES string of the molecule is CC1(C)CC(=O)C2=C(C1)OC1(CC2c2cccs2)CC(C)(C)NC(=O)N1. The van der Waals surface area contributed by atoms with E-state index in [4.69, 9.17) is 4.74 Å². The van der Waals surface area contributed by atoms with Gasteiger partial charge in [-0.05, 0) is 30.7 Å². The van der Waals surface area contributed by atoms with Gasteiger partial charge in [0.2, 0.25) is 0 Å². The number of carbonyl (C=O) groups excluding carboxylic acids is 2. The Morgan fingerprint density at radius 1 is 1.15 bits per heavy atom. The highest BCUT2D eigenvalue weighted by Crippen LogP contribution is 2.51. The molecule has 140 valence electrons. The molecule has 1 spiro atoms. The van der Waals surface area contributed by atoms with Crippen LogP contribution in [0.25, 0.3) is 0 Å². The summed E-state index contributed by atoms with van der Waals surface area (Å²) in [6.45, 7) is 8.22. The van der Waals surface area contributed by atoms with Crippen LogP contribution in [0.4, 0.5) is 4.79 Å². The van der Waals surface area contributed by atoms with Crippen molar-refractivity contribution in [3.8, 4) is 0 Å². The lowest BCUT2D eigenvalue weighted by Crippen LogP contribution is -2.68. The van der Waals surface area contributed by atoms with E-state index in [1.54, 1.807) is 11.3 Å². The summed E-state index contributed by atoms with van der Waals surface area (Å²) in [6.07, 6.45) is 2.51. The van der Waals surface area contributed by atoms with Crippen molar-refractivity contribution in [2.45, 2.75) is 70.6 Å². The first-order chi connectivity index (χ1) is 12.1. The first-order valence-corrected chi connectivity index (χ1v) is 10.1. The zero-order valence-corrected chi connectivity index (χ0v) is 16.6. The zero-order valence-electron chi connectivity index (χ0n) is 15.8. The lowest BCUT2D eigenvalue weighted by molar-refractivity contribution is -0.124. The van der Waals surface area contributed by atoms with Gasteiger partial charge < -0.3 is 15.4 Å². The molecule has 2 aliphatic heterocycles. The average molecular weight is 375 g/mol. The smallest absolute Gasteiger partial charge is 0.318 e. The highest BCUT2D eigenvalue weighted by atomic mass is 32.1. The monoisotopic (exact) mass is 374 g/mol. The summed E-state index contributed by atoms with van der Waals surface area (Å²) in [6, 6.07) is 3.89. The number of carbonyl (C=O) groups is 2. The van der Waals surface area contributed by atoms with Gasteiger partial charge in [0.15, 0.2) is 11.5 Å². The molecule has 0 aromatic carbocycles. The first kappa shape index (κ1) is 17.6. The van der Waals surface area contributed by atoms with Gasteiger partial charge in [-0.3, -0.25) is 4.79 Å². The number of hydrogen-bond donors (Lipinski definition) is 2. The number of hydrogen-bond acceptors (Lipinski definition) is 4. The quantitative estimate of drug-likeness (QED) is 0.778. The van der Waals surface area contributed by atoms with Crippen molar-refractivity contribution in [1.29, 1.82) is 0 Å². The second-order valence-electron chi connectivity index (χ2n) is 9.29. The van der Waals surface area contributed by atoms with Crippen molar-refractivity contribution in [3.63, 3.8) is 0 Å². The summed E-state index contributed by atoms with van der Waals surface area (Å²) >= 11 is 1.66. The summed E-state index contributed by atoms with van der Waals surface area (Å²) in [5.74, 6) is 0.939. The topological polar surface area (TPSA) is 67.4 Å². The van der Waals surface area contributed by atoms with Crippen LogP contribution in [0.5, 0.6) is 0 Å². The highest BCUT2D eigenvalue weighted by Gasteiger charge is 2.53. The van der Waals surface area contributed by atoms with E-state index in [-0.39, 0.29) is 28.7 Å². The minimum absolute atomic E-state index is 0.0171. The van der Waals surface area contributed by atoms with Crippen molar-refractivity contribution in [3.05, 3.63) is 33.7 Å². The number of thiophene rings is 1. The molecule has 3 aliphatic rings. The van der Waals surface area contributed by atoms with Crippen molar-refractivity contribution in [2.24, 2.45) is 5.41 Å². The van der Waals surface area contributed by atoms with Crippen molar-refractivity contribution in [2.75, 3.05) is 0 Å². The van der Waals surface area contributed by atoms with E-state index in [9.17, 15) is 9.59 Å². The molecule has 1 fully saturated rings. The third kappa shape index (κ3) is 3.04. The van der Waals surface area contributed by atoms with Gasteiger partial charge in [-0.15, -0.1) is 11.3 Å². The minimum atomic E-state index is -0.771. The van der Waals surface area contributed by atoms with Crippen LogP contribution in [-0.4, -0.2) is 23.1 Å². The van der Waals surface area contributed by atoms with Gasteiger partial charge in [0.25, 0.3) is 0 Å². The predicted octanol–water partition coefficient (Wildman–Crippen LogP) is 4.07. The molecule has 0 saturated carbocycles. The van der Waals surface area contributed by atoms with Crippen LogP contribution >= 0.6 is 11.3 Å². The number of allylic oxidation sites excluding steroid dienone is 2. The fraction of sp³-hybridized carbons (Fsp3) is 0.600. The molecular weight excluding hydrogens is 348 g/mol. The molecule has 0 bridgehead atoms. The molecule has 3 heterocycles. The molecule has 2 amide bonds. The maximum Gasteiger partial charge on any atom is 0.318 e. The zero-order chi connectivity index (χ0) is 18.7. The minimum Gasteiger partial charge on any atom is -0.472 e. The molecule has 2 N–H and O–H groups in total. The third-order valence-electron chi connectivity index (χ3n) is 5.49. The van der Waals surface area contributed by atoms with Crippen LogP contribution in [0.3, 0.4) is 0 Å². The Hall–Kier alpha value is -1.82. The molecule has 0 radical (unpaired) electrons. The first-order valence-electron chi connectivity index (χ1n) is 9.17. The number of Topliss-reactive ketones (excluding diaryl/α,β-unsaturated/α-hetero) is 1. The fourth-order valence-electron chi connectivity index (χ4n) is 4.73. The van der Waals surface area contributed by atoms with Crippen LogP contribution in [0.2, 0.25) is 0 Å². The molecule has 2 unspecified atom stereocenters. The van der Waals surface area contributed by atoms with E-state index >= 15 is 0 Å². The van der Waals surface area contributed by atoms with E-state index in [0.29, 0.717) is 19.3 Å². The number of rotatable bonds is 1. The summed E-state index contributed by atoms with van der Waals surface area (Å²) in [5, 5.41) is 8.05. The van der Waals surface area contributed by atoms with Gasteiger partial charge in [0.05, 0.1) is 0 Å². The number of amides is 2. The van der Waals surface area contributed by atoms with E-state index in [1.165, 1.54) is 4.88 Å². The van der Waals surface area contributed by atoms with Gasteiger partial charge in [-0.25, -0.2) is 4.79 Å². The molecule has 5 nitrogen and oxygen atoms in total. The Labute approximate surface area is 158 Å². The van der Waals surface area contributed by atoms with E-state index < -0.39 is 5.72 Å². The lowest BCUT2D eigenvalue weighted by atomic mass is 9.69. The summed E-state index contributed by atoms with van der Waals surface area (Å²) in [7, 11) is 0. The van der Waals surface area contributed by atoms with Crippen LogP contribution in [-0.2, 0) is 9.53 Å². The Kier molecular flexibility index (Phi) is 3.78. The predicted molar refractivity (Wildman–Crippen MR) is 101 cm³/mol. The summed E-state index contributed by atoms with van der Waals surface area (Å²) in [5.41, 5.74) is -0.439. The Bertz CT molecular complexity index is 794. The molecule has 4 rings (SSSR count). The van der Waals surface area contributed by atoms with Crippen LogP contribution in [0.1, 0.15) is 64.2 Å². The largest absolute Gasteiger partial charge is 0.472 e. The van der Waals surface area contributed by atoms with Crippen molar-refractivity contribution in [1.82, 2.24) is 10.6 Å². The van der Waals surface area contributed by atoms with Crippen LogP contribution in [0, 0.1) is 5.41 Å². The summed E-state index contributed by atoms with van der Waals surface area (Å²) < 4.78 is 6.45. The summed E-state index contributed by atoms with van der Waals surface area (Å²) in [4.78, 5) is 26.5. The lowest BCUT2D eigenvalue weighted by Gasteiger charge is -2.51. The van der Waals surface area contributed by atoms with E-state index in [1.807, 2.05) is 25.3 Å². The number of urea groups is 1. The molecule has 1 aromatic heterocycles. The van der Waals surface area contributed by atoms with Gasteiger partial charge >= 0.3 is 6.03 Å². The molecular formula is C20H26N2O3S. The second-order valence-corrected chi connectivity index (χ2v) is 10.3. The second kappa shape index (κ2) is 5.59. The Morgan fingerprint density at radius 3 is 2.58 bits per heavy atom. The normalized spacial score (nSPS) is 32.5. The molecule has 1 aliphatic carbocycles. The molecule has 2 atom stereocenters. The molecule has 26 heavy (non-hydrogen) atoms. The third-order valence-corrected chi connectivity index (χ3v) is 6.47. The van der Waals surface area contributed by atoms with Gasteiger partial charge in [-0.2, -0.15) is 0 Å². The maximum absolute atomic E-state index is 13.0. The Balaban J connectivity index is 1.81. The Morgan fingerprint density at radius 2 is 1.92 bits per heavy atom. The molecule has 6 heteroatoms. The van der Waals surface area contributed by atoms with E-state index in [2.05, 4.69) is 30.5 Å². The van der Waals surface area contributed by atoms with Crippen LogP contribution in [0.15, 0.2) is 28.8 Å². The fourth-order valence-corrected chi connectivity index (χ4v) is 5.57. The molecule has 1 aromatic rings. The van der Waals surface area contributed by atoms with Crippen molar-refractivity contribution < 1.29 is 14.3 Å². The van der Waals surface area contributed by atoms with E-state index in [0.717, 1.165) is 17.8 Å². The number of ether oxygens (including phenoxy) is 1. The number of nitrogens with one attached hydrogen (secondary N) is 2. The van der Waals surface area contributed by atoms with Gasteiger partial charge in [-0.1, -0.05) is 19.9 Å². The van der Waals surface area contributed by atoms with Crippen LogP contribution < -0.4 is 10.6 Å². The van der Waals surface area contributed by atoms with Crippen molar-refractivity contribution >= 4 is 23.2 Å². The highest BCUT2D eigenvalue weighted by molar-refractivity contribution is 7.10. The average Bonchev–Trinajstić information content (AvgIpc) is 2.95. The molecule has 1 saturated heterocycles. The standard InChI is InChI=1S/C20H26N2O3S/c1-18(2)9-13(23)16-12(15-6-5-7-26-15)8-20(25-14(16)10-18)11-19(3,4)21-17(24)22-20/h5-7,12H,8-11H2,1-4H3,(H2,21,22,24). The maximum atomic E-state index is 13.0. The van der Waals surface area contributed by atoms with Gasteiger partial charge in [0.1, 0.15) is 5.76 Å².